The summed E-state index contributed by atoms with van der Waals surface area (Å²) in [6.07, 6.45) is 0. The summed E-state index contributed by atoms with van der Waals surface area (Å²) in [6, 6.07) is 0. The van der Waals surface area contributed by atoms with Crippen LogP contribution in [0.25, 0.3) is 0 Å². The van der Waals surface area contributed by atoms with Crippen LogP contribution in [0.4, 0.5) is 0 Å². The number of allylic oxidation sites excluding steroid dienone is 2. The van der Waals surface area contributed by atoms with Crippen LogP contribution in [0.15, 0.2) is 10.2 Å². The van der Waals surface area contributed by atoms with E-state index in [1.54, 1.807) is 0 Å². The molecule has 0 bridgehead atoms. The Morgan fingerprint density at radius 2 is 1.70 bits per heavy atom. The number of hydrogen-bond donors (Lipinski definition) is 0. The van der Waals surface area contributed by atoms with E-state index < -0.39 is 0 Å². The maximum Gasteiger partial charge on any atom is 0.168 e. The van der Waals surface area contributed by atoms with Gasteiger partial charge in [-0.3, -0.25) is 4.79 Å². The van der Waals surface area contributed by atoms with Crippen molar-refractivity contribution in [2.45, 2.75) is 13.8 Å². The van der Waals surface area contributed by atoms with E-state index in [0.29, 0.717) is 4.48 Å². The molecule has 0 saturated carbocycles. The van der Waals surface area contributed by atoms with Gasteiger partial charge in [0, 0.05) is 19.8 Å². The predicted octanol–water partition coefficient (Wildman–Crippen LogP) is 1.76. The molecule has 10 heavy (non-hydrogen) atoms. The minimum Gasteiger partial charge on any atom is -0.380 e. The van der Waals surface area contributed by atoms with Gasteiger partial charge in [0.25, 0.3) is 0 Å². The van der Waals surface area contributed by atoms with E-state index in [9.17, 15) is 4.79 Å². The lowest BCUT2D eigenvalue weighted by molar-refractivity contribution is -0.113. The number of hydrogen-bond acceptors (Lipinski definition) is 2. The van der Waals surface area contributed by atoms with E-state index in [-0.39, 0.29) is 5.78 Å². The molecule has 0 radical (unpaired) electrons. The minimum atomic E-state index is 0.0613. The van der Waals surface area contributed by atoms with Gasteiger partial charge in [-0.05, 0) is 29.8 Å². The zero-order valence-corrected chi connectivity index (χ0v) is 8.32. The van der Waals surface area contributed by atoms with Crippen molar-refractivity contribution in [1.29, 1.82) is 0 Å². The molecule has 0 aliphatic carbocycles. The Kier molecular flexibility index (Phi) is 3.64. The maximum atomic E-state index is 10.8. The molecule has 0 rings (SSSR count). The van der Waals surface area contributed by atoms with Gasteiger partial charge < -0.3 is 4.90 Å². The fraction of sp³-hybridized carbons (Fsp3) is 0.571. The largest absolute Gasteiger partial charge is 0.380 e. The molecular formula is C7H12BrNO. The number of halogens is 1. The monoisotopic (exact) mass is 205 g/mol. The van der Waals surface area contributed by atoms with Crippen LogP contribution in [0.3, 0.4) is 0 Å². The second kappa shape index (κ2) is 3.76. The fourth-order valence-corrected chi connectivity index (χ4v) is 0.806. The van der Waals surface area contributed by atoms with Crippen molar-refractivity contribution < 1.29 is 4.79 Å². The van der Waals surface area contributed by atoms with E-state index in [2.05, 4.69) is 15.9 Å². The molecule has 0 atom stereocenters. The fourth-order valence-electron chi connectivity index (χ4n) is 0.451. The number of ketones is 1. The molecule has 0 N–H and O–H groups in total. The summed E-state index contributed by atoms with van der Waals surface area (Å²) in [5.41, 5.74) is 0.951. The third kappa shape index (κ3) is 2.52. The van der Waals surface area contributed by atoms with E-state index in [0.717, 1.165) is 5.70 Å². The van der Waals surface area contributed by atoms with Gasteiger partial charge in [0.15, 0.2) is 5.78 Å². The van der Waals surface area contributed by atoms with Crippen LogP contribution in [-0.4, -0.2) is 24.8 Å². The third-order valence-corrected chi connectivity index (χ3v) is 2.43. The van der Waals surface area contributed by atoms with Gasteiger partial charge in [0.2, 0.25) is 0 Å². The van der Waals surface area contributed by atoms with E-state index >= 15 is 0 Å². The molecule has 0 spiro atoms. The van der Waals surface area contributed by atoms with Crippen LogP contribution in [-0.2, 0) is 4.79 Å². The first-order chi connectivity index (χ1) is 4.46. The molecule has 58 valence electrons. The predicted molar refractivity (Wildman–Crippen MR) is 46.0 cm³/mol. The van der Waals surface area contributed by atoms with Crippen LogP contribution in [0.1, 0.15) is 13.8 Å². The molecule has 0 aliphatic rings. The molecule has 0 saturated heterocycles. The number of carbonyl (C=O) groups excluding carboxylic acids is 1. The Hall–Kier alpha value is -0.310. The summed E-state index contributed by atoms with van der Waals surface area (Å²) in [5, 5.41) is 0. The zero-order chi connectivity index (χ0) is 8.31. The molecule has 2 nitrogen and oxygen atoms in total. The van der Waals surface area contributed by atoms with Crippen molar-refractivity contribution in [2.24, 2.45) is 0 Å². The first-order valence-corrected chi connectivity index (χ1v) is 3.80. The van der Waals surface area contributed by atoms with E-state index in [1.807, 2.05) is 25.9 Å². The molecule has 0 aliphatic heterocycles. The topological polar surface area (TPSA) is 20.3 Å². The second-order valence-corrected chi connectivity index (χ2v) is 3.14. The van der Waals surface area contributed by atoms with Gasteiger partial charge >= 0.3 is 0 Å². The molecular weight excluding hydrogens is 194 g/mol. The number of nitrogens with zero attached hydrogens (tertiary/aromatic N) is 1. The number of Topliss-reactive ketones (excluding diaryl/α,β-unsaturated/α-hetero) is 1. The lowest BCUT2D eigenvalue weighted by Gasteiger charge is -2.13. The van der Waals surface area contributed by atoms with E-state index in [4.69, 9.17) is 0 Å². The molecule has 3 heteroatoms. The summed E-state index contributed by atoms with van der Waals surface area (Å²) in [7, 11) is 3.80. The van der Waals surface area contributed by atoms with Crippen molar-refractivity contribution >= 4 is 21.7 Å². The maximum absolute atomic E-state index is 10.8. The Morgan fingerprint density at radius 1 is 1.30 bits per heavy atom. The van der Waals surface area contributed by atoms with Gasteiger partial charge in [-0.1, -0.05) is 0 Å². The van der Waals surface area contributed by atoms with Crippen molar-refractivity contribution in [3.8, 4) is 0 Å². The molecule has 0 fully saturated rings. The summed E-state index contributed by atoms with van der Waals surface area (Å²) in [4.78, 5) is 12.7. The van der Waals surface area contributed by atoms with Gasteiger partial charge in [0.1, 0.15) is 0 Å². The van der Waals surface area contributed by atoms with Gasteiger partial charge in [0.05, 0.1) is 4.48 Å². The Labute approximate surface area is 70.0 Å². The van der Waals surface area contributed by atoms with Crippen LogP contribution < -0.4 is 0 Å². The van der Waals surface area contributed by atoms with Crippen LogP contribution in [0, 0.1) is 0 Å². The van der Waals surface area contributed by atoms with E-state index in [1.165, 1.54) is 6.92 Å². The molecule has 0 aromatic heterocycles. The highest BCUT2D eigenvalue weighted by molar-refractivity contribution is 9.12. The molecule has 0 amide bonds. The molecule has 0 unspecified atom stereocenters. The van der Waals surface area contributed by atoms with Crippen molar-refractivity contribution in [2.75, 3.05) is 14.1 Å². The SMILES string of the molecule is CC(=O)/C(Br)=C(/C)N(C)C. The molecule has 0 heterocycles. The van der Waals surface area contributed by atoms with Crippen LogP contribution in [0.2, 0.25) is 0 Å². The lowest BCUT2D eigenvalue weighted by atomic mass is 10.3. The third-order valence-electron chi connectivity index (χ3n) is 1.30. The first-order valence-electron chi connectivity index (χ1n) is 3.01. The van der Waals surface area contributed by atoms with Gasteiger partial charge in [-0.2, -0.15) is 0 Å². The number of rotatable bonds is 2. The van der Waals surface area contributed by atoms with Gasteiger partial charge in [-0.25, -0.2) is 0 Å². The highest BCUT2D eigenvalue weighted by Crippen LogP contribution is 2.13. The molecule has 0 aromatic carbocycles. The zero-order valence-electron chi connectivity index (χ0n) is 6.73. The Morgan fingerprint density at radius 3 is 1.80 bits per heavy atom. The summed E-state index contributed by atoms with van der Waals surface area (Å²) in [5.74, 6) is 0.0613. The summed E-state index contributed by atoms with van der Waals surface area (Å²) < 4.78 is 0.650. The average Bonchev–Trinajstić information content (AvgIpc) is 1.84. The highest BCUT2D eigenvalue weighted by atomic mass is 79.9. The van der Waals surface area contributed by atoms with Crippen molar-refractivity contribution in [3.05, 3.63) is 10.2 Å². The molecule has 0 aromatic rings. The smallest absolute Gasteiger partial charge is 0.168 e. The Bertz CT molecular complexity index is 172. The average molecular weight is 206 g/mol. The van der Waals surface area contributed by atoms with Crippen LogP contribution in [0.5, 0.6) is 0 Å². The minimum absolute atomic E-state index is 0.0613. The normalized spacial score (nSPS) is 12.5. The standard InChI is InChI=1S/C7H12BrNO/c1-5(9(3)4)7(8)6(2)10/h1-4H3/b7-5+. The van der Waals surface area contributed by atoms with Crippen molar-refractivity contribution in [1.82, 2.24) is 4.90 Å². The first kappa shape index (κ1) is 9.69. The van der Waals surface area contributed by atoms with Crippen LogP contribution >= 0.6 is 15.9 Å². The van der Waals surface area contributed by atoms with Crippen molar-refractivity contribution in [3.63, 3.8) is 0 Å². The quantitative estimate of drug-likeness (QED) is 0.641. The second-order valence-electron chi connectivity index (χ2n) is 2.35. The summed E-state index contributed by atoms with van der Waals surface area (Å²) >= 11 is 3.20. The number of carbonyl (C=O) groups is 1. The Balaban J connectivity index is 4.50. The van der Waals surface area contributed by atoms with Gasteiger partial charge in [-0.15, -0.1) is 0 Å². The summed E-state index contributed by atoms with van der Waals surface area (Å²) in [6.45, 7) is 3.43. The lowest BCUT2D eigenvalue weighted by Crippen LogP contribution is -2.11. The highest BCUT2D eigenvalue weighted by Gasteiger charge is 2.04.